The minimum absolute atomic E-state index is 0.207. The Hall–Kier alpha value is -1.63. The van der Waals surface area contributed by atoms with Gasteiger partial charge in [0.2, 0.25) is 0 Å². The molecule has 4 rings (SSSR count). The van der Waals surface area contributed by atoms with Crippen LogP contribution < -0.4 is 10.0 Å². The van der Waals surface area contributed by atoms with E-state index in [9.17, 15) is 8.76 Å². The average Bonchev–Trinajstić information content (AvgIpc) is 3.04. The summed E-state index contributed by atoms with van der Waals surface area (Å²) < 4.78 is 25.3. The zero-order valence-corrected chi connectivity index (χ0v) is 15.1. The van der Waals surface area contributed by atoms with Gasteiger partial charge in [0.1, 0.15) is 0 Å². The van der Waals surface area contributed by atoms with Crippen LogP contribution in [0.2, 0.25) is 0 Å². The standard InChI is InChI=1S/C18H17BrN2O2S/c19-12-6-4-11(5-7-12)18-16-3-1-2-14(16)15-9-8-13(21-24(22)23)10-17(15)20-18/h1-2,4-10,14,16,18,20-21H,3H2,(H,22,23)/p-1/t14-,16-,18-/m1/s1. The summed E-state index contributed by atoms with van der Waals surface area (Å²) in [6.07, 6.45) is 5.56. The Balaban J connectivity index is 1.73. The Morgan fingerprint density at radius 1 is 1.21 bits per heavy atom. The van der Waals surface area contributed by atoms with Crippen molar-refractivity contribution < 1.29 is 8.76 Å². The van der Waals surface area contributed by atoms with Gasteiger partial charge in [-0.3, -0.25) is 4.21 Å². The van der Waals surface area contributed by atoms with Crippen molar-refractivity contribution >= 4 is 38.6 Å². The number of hydrogen-bond donors (Lipinski definition) is 2. The van der Waals surface area contributed by atoms with E-state index in [1.807, 2.05) is 18.2 Å². The summed E-state index contributed by atoms with van der Waals surface area (Å²) in [7, 11) is 0. The summed E-state index contributed by atoms with van der Waals surface area (Å²) in [6, 6.07) is 14.3. The van der Waals surface area contributed by atoms with Gasteiger partial charge in [-0.15, -0.1) is 0 Å². The van der Waals surface area contributed by atoms with Crippen LogP contribution in [0.4, 0.5) is 11.4 Å². The number of halogens is 1. The molecule has 0 saturated carbocycles. The van der Waals surface area contributed by atoms with E-state index >= 15 is 0 Å². The van der Waals surface area contributed by atoms with Crippen molar-refractivity contribution in [2.45, 2.75) is 18.4 Å². The molecule has 4 atom stereocenters. The Labute approximate surface area is 151 Å². The quantitative estimate of drug-likeness (QED) is 0.586. The second-order valence-corrected chi connectivity index (χ2v) is 7.76. The fourth-order valence-corrected chi connectivity index (χ4v) is 4.34. The highest BCUT2D eigenvalue weighted by atomic mass is 79.9. The van der Waals surface area contributed by atoms with Crippen LogP contribution in [-0.2, 0) is 11.3 Å². The number of rotatable bonds is 3. The summed E-state index contributed by atoms with van der Waals surface area (Å²) >= 11 is 1.17. The molecule has 2 aromatic rings. The topological polar surface area (TPSA) is 64.2 Å². The van der Waals surface area contributed by atoms with Crippen molar-refractivity contribution in [3.8, 4) is 0 Å². The van der Waals surface area contributed by atoms with Crippen LogP contribution in [0.25, 0.3) is 0 Å². The highest BCUT2D eigenvalue weighted by Crippen LogP contribution is 2.50. The maximum Gasteiger partial charge on any atom is 0.0553 e. The Morgan fingerprint density at radius 2 is 2.00 bits per heavy atom. The molecule has 0 spiro atoms. The Morgan fingerprint density at radius 3 is 2.75 bits per heavy atom. The maximum absolute atomic E-state index is 10.9. The van der Waals surface area contributed by atoms with Gasteiger partial charge in [0, 0.05) is 33.0 Å². The summed E-state index contributed by atoms with van der Waals surface area (Å²) in [6.45, 7) is 0. The number of fused-ring (bicyclic) bond motifs is 3. The van der Waals surface area contributed by atoms with Gasteiger partial charge >= 0.3 is 0 Å². The average molecular weight is 404 g/mol. The fraction of sp³-hybridized carbons (Fsp3) is 0.222. The van der Waals surface area contributed by atoms with Crippen LogP contribution >= 0.6 is 15.9 Å². The normalized spacial score (nSPS) is 25.5. The molecular weight excluding hydrogens is 388 g/mol. The number of allylic oxidation sites excluding steroid dienone is 2. The van der Waals surface area contributed by atoms with Crippen molar-refractivity contribution in [3.63, 3.8) is 0 Å². The summed E-state index contributed by atoms with van der Waals surface area (Å²) in [4.78, 5) is 0. The van der Waals surface area contributed by atoms with E-state index in [0.29, 0.717) is 17.5 Å². The first-order valence-electron chi connectivity index (χ1n) is 7.80. The van der Waals surface area contributed by atoms with Gasteiger partial charge in [0.05, 0.1) is 6.04 Å². The molecule has 0 radical (unpaired) electrons. The Bertz CT molecular complexity index is 822. The van der Waals surface area contributed by atoms with Gasteiger partial charge in [-0.25, -0.2) is 0 Å². The lowest BCUT2D eigenvalue weighted by Crippen LogP contribution is -2.29. The third-order valence-electron chi connectivity index (χ3n) is 4.79. The van der Waals surface area contributed by atoms with Crippen LogP contribution in [0.5, 0.6) is 0 Å². The highest BCUT2D eigenvalue weighted by Gasteiger charge is 2.37. The largest absolute Gasteiger partial charge is 0.755 e. The SMILES string of the molecule is O=S([O-])Nc1ccc2c(c1)N[C@H](c1ccc(Br)cc1)[C@@H]1CC=C[C@H]21. The van der Waals surface area contributed by atoms with Crippen molar-refractivity contribution in [2.24, 2.45) is 5.92 Å². The van der Waals surface area contributed by atoms with Crippen molar-refractivity contribution in [1.29, 1.82) is 0 Å². The van der Waals surface area contributed by atoms with E-state index < -0.39 is 11.3 Å². The molecule has 0 amide bonds. The monoisotopic (exact) mass is 403 g/mol. The third-order valence-corrected chi connectivity index (χ3v) is 5.73. The lowest BCUT2D eigenvalue weighted by molar-refractivity contribution is 0.425. The van der Waals surface area contributed by atoms with Crippen molar-refractivity contribution in [3.05, 3.63) is 70.2 Å². The van der Waals surface area contributed by atoms with Crippen molar-refractivity contribution in [2.75, 3.05) is 10.0 Å². The first kappa shape index (κ1) is 15.9. The minimum atomic E-state index is -2.32. The van der Waals surface area contributed by atoms with Gasteiger partial charge in [0.25, 0.3) is 0 Å². The summed E-state index contributed by atoms with van der Waals surface area (Å²) in [5.74, 6) is 0.841. The van der Waals surface area contributed by atoms with Gasteiger partial charge < -0.3 is 14.6 Å². The zero-order chi connectivity index (χ0) is 16.7. The number of nitrogens with one attached hydrogen (secondary N) is 2. The van der Waals surface area contributed by atoms with Crippen LogP contribution in [0.15, 0.2) is 59.1 Å². The van der Waals surface area contributed by atoms with Crippen LogP contribution in [-0.4, -0.2) is 8.76 Å². The number of anilines is 2. The van der Waals surface area contributed by atoms with Crippen LogP contribution in [0, 0.1) is 5.92 Å². The molecule has 2 aliphatic rings. The van der Waals surface area contributed by atoms with Crippen molar-refractivity contribution in [1.82, 2.24) is 0 Å². The molecule has 2 aromatic carbocycles. The predicted octanol–water partition coefficient (Wildman–Crippen LogP) is 4.48. The molecule has 124 valence electrons. The number of benzene rings is 2. The molecule has 6 heteroatoms. The molecule has 1 aliphatic carbocycles. The highest BCUT2D eigenvalue weighted by molar-refractivity contribution is 9.10. The molecule has 0 aromatic heterocycles. The van der Waals surface area contributed by atoms with Gasteiger partial charge in [-0.05, 0) is 47.7 Å². The molecule has 1 aliphatic heterocycles. The van der Waals surface area contributed by atoms with E-state index in [-0.39, 0.29) is 6.04 Å². The first-order chi connectivity index (χ1) is 11.6. The maximum atomic E-state index is 10.9. The molecule has 4 nitrogen and oxygen atoms in total. The molecular formula is C18H16BrN2O2S-. The van der Waals surface area contributed by atoms with Gasteiger partial charge in [-0.2, -0.15) is 0 Å². The van der Waals surface area contributed by atoms with Gasteiger partial charge in [0.15, 0.2) is 0 Å². The smallest absolute Gasteiger partial charge is 0.0553 e. The third kappa shape index (κ3) is 2.90. The molecule has 24 heavy (non-hydrogen) atoms. The van der Waals surface area contributed by atoms with E-state index in [4.69, 9.17) is 0 Å². The van der Waals surface area contributed by atoms with E-state index in [2.05, 4.69) is 62.4 Å². The predicted molar refractivity (Wildman–Crippen MR) is 99.5 cm³/mol. The molecule has 1 unspecified atom stereocenters. The minimum Gasteiger partial charge on any atom is -0.755 e. The second-order valence-electron chi connectivity index (χ2n) is 6.17. The van der Waals surface area contributed by atoms with E-state index in [1.54, 1.807) is 0 Å². The Kier molecular flexibility index (Phi) is 4.20. The molecule has 2 N–H and O–H groups in total. The zero-order valence-electron chi connectivity index (χ0n) is 12.7. The molecule has 0 fully saturated rings. The fourth-order valence-electron chi connectivity index (χ4n) is 3.76. The van der Waals surface area contributed by atoms with Crippen LogP contribution in [0.3, 0.4) is 0 Å². The summed E-state index contributed by atoms with van der Waals surface area (Å²) in [5.41, 5.74) is 4.04. The lowest BCUT2D eigenvalue weighted by Gasteiger charge is -2.37. The van der Waals surface area contributed by atoms with Crippen LogP contribution in [0.1, 0.15) is 29.5 Å². The summed E-state index contributed by atoms with van der Waals surface area (Å²) in [5, 5.41) is 3.62. The molecule has 0 bridgehead atoms. The number of hydrogen-bond acceptors (Lipinski definition) is 3. The molecule has 0 saturated heterocycles. The van der Waals surface area contributed by atoms with E-state index in [1.165, 1.54) is 11.1 Å². The first-order valence-corrected chi connectivity index (χ1v) is 9.67. The van der Waals surface area contributed by atoms with E-state index in [0.717, 1.165) is 16.6 Å². The van der Waals surface area contributed by atoms with Gasteiger partial charge in [-0.1, -0.05) is 46.3 Å². The second kappa shape index (κ2) is 6.35. The lowest BCUT2D eigenvalue weighted by atomic mass is 9.77. The molecule has 1 heterocycles.